The van der Waals surface area contributed by atoms with E-state index in [9.17, 15) is 10.1 Å². The molecule has 0 saturated carbocycles. The first kappa shape index (κ1) is 20.0. The number of nitrogens with zero attached hydrogens (tertiary/aromatic N) is 3. The van der Waals surface area contributed by atoms with Gasteiger partial charge >= 0.3 is 0 Å². The molecule has 0 fully saturated rings. The monoisotopic (exact) mass is 402 g/mol. The van der Waals surface area contributed by atoms with Crippen LogP contribution in [0.25, 0.3) is 0 Å². The zero-order chi connectivity index (χ0) is 19.7. The molecule has 2 N–H and O–H groups in total. The third kappa shape index (κ3) is 3.42. The average molecular weight is 403 g/mol. The Morgan fingerprint density at radius 2 is 2.15 bits per heavy atom. The smallest absolute Gasteiger partial charge is 0.161 e. The third-order valence-electron chi connectivity index (χ3n) is 5.00. The van der Waals surface area contributed by atoms with Crippen LogP contribution < -0.4 is 5.73 Å². The van der Waals surface area contributed by atoms with E-state index >= 15 is 0 Å². The Bertz CT molecular complexity index is 860. The number of carbonyl (C=O) groups excluding carboxylic acids is 1. The van der Waals surface area contributed by atoms with Crippen LogP contribution in [-0.4, -0.2) is 35.6 Å². The van der Waals surface area contributed by atoms with Crippen molar-refractivity contribution in [3.63, 3.8) is 0 Å². The van der Waals surface area contributed by atoms with E-state index < -0.39 is 0 Å². The number of carbonyl (C=O) groups is 1. The van der Waals surface area contributed by atoms with Crippen LogP contribution >= 0.6 is 23.1 Å². The van der Waals surface area contributed by atoms with Crippen LogP contribution in [0, 0.1) is 11.3 Å². The highest BCUT2D eigenvalue weighted by Crippen LogP contribution is 2.49. The van der Waals surface area contributed by atoms with E-state index in [1.165, 1.54) is 9.09 Å². The molecule has 5 nitrogen and oxygen atoms in total. The van der Waals surface area contributed by atoms with Crippen molar-refractivity contribution in [2.75, 3.05) is 19.8 Å². The van der Waals surface area contributed by atoms with Crippen molar-refractivity contribution < 1.29 is 4.79 Å². The average Bonchev–Trinajstić information content (AvgIpc) is 3.03. The van der Waals surface area contributed by atoms with Crippen molar-refractivity contribution in [1.82, 2.24) is 10.0 Å². The fraction of sp³-hybridized carbons (Fsp3) is 0.500. The summed E-state index contributed by atoms with van der Waals surface area (Å²) in [4.78, 5) is 14.3. The third-order valence-corrected chi connectivity index (χ3v) is 7.48. The maximum absolute atomic E-state index is 13.0. The quantitative estimate of drug-likeness (QED) is 0.751. The van der Waals surface area contributed by atoms with E-state index in [0.29, 0.717) is 17.8 Å². The number of hydrogen-bond acceptors (Lipinski definition) is 7. The van der Waals surface area contributed by atoms with Gasteiger partial charge in [0.05, 0.1) is 21.8 Å². The Balaban J connectivity index is 2.27. The minimum Gasteiger partial charge on any atom is -0.383 e. The molecule has 27 heavy (non-hydrogen) atoms. The number of ketones is 1. The SMILES string of the molecule is CCSc1sc(CC)cc1C1C(C#N)=C(N)N(N(C)C)C2=C1C(=O)CCC2. The number of thioether (sulfide) groups is 1. The lowest BCUT2D eigenvalue weighted by Gasteiger charge is -2.42. The number of rotatable bonds is 5. The molecule has 0 radical (unpaired) electrons. The molecular weight excluding hydrogens is 376 g/mol. The molecule has 1 aliphatic heterocycles. The Hall–Kier alpha value is -1.75. The summed E-state index contributed by atoms with van der Waals surface area (Å²) in [5.41, 5.74) is 9.74. The Kier molecular flexibility index (Phi) is 5.99. The van der Waals surface area contributed by atoms with Crippen molar-refractivity contribution in [3.05, 3.63) is 39.2 Å². The van der Waals surface area contributed by atoms with Crippen LogP contribution in [-0.2, 0) is 11.2 Å². The second kappa shape index (κ2) is 8.09. The molecule has 0 aromatic carbocycles. The van der Waals surface area contributed by atoms with Gasteiger partial charge in [0.1, 0.15) is 5.82 Å². The Morgan fingerprint density at radius 1 is 1.41 bits per heavy atom. The molecule has 0 amide bonds. The first-order valence-corrected chi connectivity index (χ1v) is 11.1. The highest BCUT2D eigenvalue weighted by Gasteiger charge is 2.41. The molecule has 1 aromatic rings. The lowest BCUT2D eigenvalue weighted by atomic mass is 9.76. The predicted octanol–water partition coefficient (Wildman–Crippen LogP) is 4.00. The maximum Gasteiger partial charge on any atom is 0.161 e. The molecule has 2 aliphatic rings. The van der Waals surface area contributed by atoms with Crippen molar-refractivity contribution in [2.24, 2.45) is 5.73 Å². The van der Waals surface area contributed by atoms with E-state index in [0.717, 1.165) is 41.8 Å². The van der Waals surface area contributed by atoms with Crippen LogP contribution in [0.2, 0.25) is 0 Å². The first-order valence-electron chi connectivity index (χ1n) is 9.33. The standard InChI is InChI=1S/C20H26N4OS2/c1-5-12-10-13(20(27-12)26-6-2)17-14(11-21)19(22)24(23(3)4)15-8-7-9-16(25)18(15)17/h10,17H,5-9,22H2,1-4H3. The zero-order valence-electron chi connectivity index (χ0n) is 16.3. The molecule has 1 unspecified atom stereocenters. The molecule has 1 aromatic heterocycles. The molecule has 2 heterocycles. The molecule has 7 heteroatoms. The fourth-order valence-corrected chi connectivity index (χ4v) is 6.27. The van der Waals surface area contributed by atoms with Crippen LogP contribution in [0.1, 0.15) is 49.5 Å². The van der Waals surface area contributed by atoms with Crippen LogP contribution in [0.3, 0.4) is 0 Å². The summed E-state index contributed by atoms with van der Waals surface area (Å²) >= 11 is 3.55. The van der Waals surface area contributed by atoms with Gasteiger partial charge in [-0.3, -0.25) is 9.80 Å². The van der Waals surface area contributed by atoms with Gasteiger partial charge in [-0.05, 0) is 36.6 Å². The second-order valence-corrected chi connectivity index (χ2v) is 9.55. The topological polar surface area (TPSA) is 73.4 Å². The van der Waals surface area contributed by atoms with Gasteiger partial charge in [0.25, 0.3) is 0 Å². The second-order valence-electron chi connectivity index (χ2n) is 6.88. The van der Waals surface area contributed by atoms with E-state index in [1.807, 2.05) is 24.1 Å². The summed E-state index contributed by atoms with van der Waals surface area (Å²) in [6.45, 7) is 4.26. The zero-order valence-corrected chi connectivity index (χ0v) is 18.0. The summed E-state index contributed by atoms with van der Waals surface area (Å²) < 4.78 is 1.20. The maximum atomic E-state index is 13.0. The molecule has 1 atom stereocenters. The number of hydrogen-bond donors (Lipinski definition) is 1. The molecule has 0 saturated heterocycles. The number of nitrogens with two attached hydrogens (primary N) is 1. The van der Waals surface area contributed by atoms with Crippen molar-refractivity contribution in [1.29, 1.82) is 5.26 Å². The van der Waals surface area contributed by atoms with Gasteiger partial charge in [-0.2, -0.15) is 5.26 Å². The van der Waals surface area contributed by atoms with Crippen molar-refractivity contribution >= 4 is 28.9 Å². The number of nitriles is 1. The number of allylic oxidation sites excluding steroid dienone is 3. The van der Waals surface area contributed by atoms with Gasteiger partial charge in [0.15, 0.2) is 5.78 Å². The largest absolute Gasteiger partial charge is 0.383 e. The van der Waals surface area contributed by atoms with Crippen LogP contribution in [0.4, 0.5) is 0 Å². The van der Waals surface area contributed by atoms with Crippen molar-refractivity contribution in [3.8, 4) is 6.07 Å². The minimum absolute atomic E-state index is 0.144. The van der Waals surface area contributed by atoms with Gasteiger partial charge in [-0.15, -0.1) is 23.1 Å². The molecular formula is C20H26N4OS2. The summed E-state index contributed by atoms with van der Waals surface area (Å²) in [5.74, 6) is 1.19. The Morgan fingerprint density at radius 3 is 2.74 bits per heavy atom. The molecule has 0 spiro atoms. The number of thiophene rings is 1. The molecule has 1 aliphatic carbocycles. The summed E-state index contributed by atoms with van der Waals surface area (Å²) in [6.07, 6.45) is 3.11. The van der Waals surface area contributed by atoms with Gasteiger partial charge in [0.2, 0.25) is 0 Å². The normalized spacial score (nSPS) is 20.4. The van der Waals surface area contributed by atoms with Crippen molar-refractivity contribution in [2.45, 2.75) is 49.7 Å². The number of aryl methyl sites for hydroxylation is 1. The van der Waals surface area contributed by atoms with E-state index in [4.69, 9.17) is 5.73 Å². The number of Topliss-reactive ketones (excluding diaryl/α,β-unsaturated/α-hetero) is 1. The molecule has 0 bridgehead atoms. The molecule has 144 valence electrons. The minimum atomic E-state index is -0.348. The molecule has 3 rings (SSSR count). The summed E-state index contributed by atoms with van der Waals surface area (Å²) in [6, 6.07) is 4.51. The first-order chi connectivity index (χ1) is 12.9. The number of hydrazine groups is 1. The summed E-state index contributed by atoms with van der Waals surface area (Å²) in [5, 5.41) is 13.7. The van der Waals surface area contributed by atoms with Gasteiger partial charge in [0, 0.05) is 36.7 Å². The fourth-order valence-electron chi connectivity index (χ4n) is 3.89. The highest BCUT2D eigenvalue weighted by atomic mass is 32.2. The Labute approximate surface area is 169 Å². The predicted molar refractivity (Wildman–Crippen MR) is 111 cm³/mol. The van der Waals surface area contributed by atoms with Gasteiger partial charge < -0.3 is 5.73 Å². The lowest BCUT2D eigenvalue weighted by molar-refractivity contribution is -0.116. The summed E-state index contributed by atoms with van der Waals surface area (Å²) in [7, 11) is 3.79. The van der Waals surface area contributed by atoms with E-state index in [1.54, 1.807) is 23.1 Å². The van der Waals surface area contributed by atoms with E-state index in [2.05, 4.69) is 26.0 Å². The van der Waals surface area contributed by atoms with E-state index in [-0.39, 0.29) is 11.7 Å². The van der Waals surface area contributed by atoms with Crippen LogP contribution in [0.15, 0.2) is 32.9 Å². The highest BCUT2D eigenvalue weighted by molar-refractivity contribution is 8.01. The van der Waals surface area contributed by atoms with Gasteiger partial charge in [-0.1, -0.05) is 13.8 Å². The van der Waals surface area contributed by atoms with Gasteiger partial charge in [-0.25, -0.2) is 5.01 Å². The van der Waals surface area contributed by atoms with Crippen LogP contribution in [0.5, 0.6) is 0 Å². The lowest BCUT2D eigenvalue weighted by Crippen LogP contribution is -2.45.